The zero-order valence-corrected chi connectivity index (χ0v) is 10.5. The van der Waals surface area contributed by atoms with Crippen molar-refractivity contribution in [3.05, 3.63) is 22.0 Å². The summed E-state index contributed by atoms with van der Waals surface area (Å²) in [7, 11) is 0. The second-order valence-corrected chi connectivity index (χ2v) is 4.89. The van der Waals surface area contributed by atoms with Gasteiger partial charge in [-0.05, 0) is 27.3 Å². The zero-order chi connectivity index (χ0) is 11.7. The molecule has 5 nitrogen and oxygen atoms in total. The number of rotatable bonds is 3. The van der Waals surface area contributed by atoms with Crippen molar-refractivity contribution in [2.75, 3.05) is 6.54 Å². The van der Waals surface area contributed by atoms with E-state index in [9.17, 15) is 0 Å². The predicted molar refractivity (Wildman–Crippen MR) is 64.0 cm³/mol. The van der Waals surface area contributed by atoms with Gasteiger partial charge in [0.25, 0.3) is 0 Å². The van der Waals surface area contributed by atoms with Crippen LogP contribution in [0.2, 0.25) is 0 Å². The molecule has 0 aliphatic heterocycles. The Bertz CT molecular complexity index is 480. The average molecular weight is 237 g/mol. The molecule has 0 aliphatic carbocycles. The van der Waals surface area contributed by atoms with Crippen LogP contribution in [0.4, 0.5) is 0 Å². The van der Waals surface area contributed by atoms with Crippen LogP contribution in [0.5, 0.6) is 0 Å². The minimum absolute atomic E-state index is 0.593. The standard InChI is InChI=1S/C10H15N5S/c1-6-8(3)16-10(12-6)15-7(2)9(4-5-11)13-14-15/h4-5,11H2,1-3H3. The first-order valence-corrected chi connectivity index (χ1v) is 6.00. The molecule has 0 saturated heterocycles. The topological polar surface area (TPSA) is 69.6 Å². The van der Waals surface area contributed by atoms with Gasteiger partial charge in [-0.1, -0.05) is 16.6 Å². The lowest BCUT2D eigenvalue weighted by Gasteiger charge is -1.97. The highest BCUT2D eigenvalue weighted by Crippen LogP contribution is 2.21. The van der Waals surface area contributed by atoms with Gasteiger partial charge in [0, 0.05) is 11.3 Å². The molecule has 0 saturated carbocycles. The summed E-state index contributed by atoms with van der Waals surface area (Å²) < 4.78 is 1.79. The molecule has 2 aromatic heterocycles. The maximum atomic E-state index is 5.52. The number of nitrogens with two attached hydrogens (primary N) is 1. The molecule has 16 heavy (non-hydrogen) atoms. The fourth-order valence-electron chi connectivity index (χ4n) is 1.46. The van der Waals surface area contributed by atoms with Crippen LogP contribution < -0.4 is 5.73 Å². The van der Waals surface area contributed by atoms with Gasteiger partial charge in [0.1, 0.15) is 0 Å². The lowest BCUT2D eigenvalue weighted by Crippen LogP contribution is -2.05. The fraction of sp³-hybridized carbons (Fsp3) is 0.500. The molecule has 0 bridgehead atoms. The highest BCUT2D eigenvalue weighted by atomic mass is 32.1. The Labute approximate surface area is 98.3 Å². The molecule has 2 rings (SSSR count). The third-order valence-electron chi connectivity index (χ3n) is 2.57. The van der Waals surface area contributed by atoms with Gasteiger partial charge in [0.05, 0.1) is 17.1 Å². The minimum atomic E-state index is 0.593. The molecule has 0 aliphatic rings. The first-order chi connectivity index (χ1) is 7.63. The van der Waals surface area contributed by atoms with Gasteiger partial charge in [-0.2, -0.15) is 4.68 Å². The SMILES string of the molecule is Cc1nc(-n2nnc(CCN)c2C)sc1C. The van der Waals surface area contributed by atoms with E-state index < -0.39 is 0 Å². The van der Waals surface area contributed by atoms with E-state index in [1.807, 2.05) is 13.8 Å². The van der Waals surface area contributed by atoms with Gasteiger partial charge >= 0.3 is 0 Å². The number of thiazole rings is 1. The number of aromatic nitrogens is 4. The Kier molecular flexibility index (Phi) is 3.02. The van der Waals surface area contributed by atoms with Gasteiger partial charge in [-0.15, -0.1) is 5.10 Å². The van der Waals surface area contributed by atoms with Crippen LogP contribution in [-0.2, 0) is 6.42 Å². The van der Waals surface area contributed by atoms with Crippen LogP contribution in [0, 0.1) is 20.8 Å². The maximum absolute atomic E-state index is 5.52. The smallest absolute Gasteiger partial charge is 0.212 e. The highest BCUT2D eigenvalue weighted by Gasteiger charge is 2.13. The summed E-state index contributed by atoms with van der Waals surface area (Å²) in [5.74, 6) is 0. The van der Waals surface area contributed by atoms with Crippen LogP contribution >= 0.6 is 11.3 Å². The van der Waals surface area contributed by atoms with Crippen LogP contribution in [0.25, 0.3) is 5.13 Å². The van der Waals surface area contributed by atoms with E-state index in [4.69, 9.17) is 5.73 Å². The van der Waals surface area contributed by atoms with E-state index in [0.29, 0.717) is 6.54 Å². The van der Waals surface area contributed by atoms with Crippen LogP contribution in [0.15, 0.2) is 0 Å². The summed E-state index contributed by atoms with van der Waals surface area (Å²) in [5.41, 5.74) is 8.55. The third-order valence-corrected chi connectivity index (χ3v) is 3.62. The largest absolute Gasteiger partial charge is 0.330 e. The fourth-order valence-corrected chi connectivity index (χ4v) is 2.37. The van der Waals surface area contributed by atoms with E-state index in [-0.39, 0.29) is 0 Å². The Morgan fingerprint density at radius 1 is 1.31 bits per heavy atom. The monoisotopic (exact) mass is 237 g/mol. The molecule has 2 aromatic rings. The predicted octanol–water partition coefficient (Wildman–Crippen LogP) is 1.15. The van der Waals surface area contributed by atoms with Gasteiger partial charge < -0.3 is 5.73 Å². The van der Waals surface area contributed by atoms with Crippen molar-refractivity contribution in [2.45, 2.75) is 27.2 Å². The maximum Gasteiger partial charge on any atom is 0.212 e. The summed E-state index contributed by atoms with van der Waals surface area (Å²) >= 11 is 1.63. The van der Waals surface area contributed by atoms with Crippen molar-refractivity contribution in [2.24, 2.45) is 5.73 Å². The Morgan fingerprint density at radius 2 is 2.06 bits per heavy atom. The zero-order valence-electron chi connectivity index (χ0n) is 9.69. The first kappa shape index (κ1) is 11.2. The normalized spacial score (nSPS) is 11.0. The summed E-state index contributed by atoms with van der Waals surface area (Å²) in [5, 5.41) is 9.12. The summed E-state index contributed by atoms with van der Waals surface area (Å²) in [4.78, 5) is 5.68. The molecule has 6 heteroatoms. The quantitative estimate of drug-likeness (QED) is 0.869. The molecule has 0 atom stereocenters. The Hall–Kier alpha value is -1.27. The second kappa shape index (κ2) is 4.31. The molecule has 2 N–H and O–H groups in total. The van der Waals surface area contributed by atoms with E-state index in [0.717, 1.165) is 28.6 Å². The highest BCUT2D eigenvalue weighted by molar-refractivity contribution is 7.14. The van der Waals surface area contributed by atoms with Crippen molar-refractivity contribution in [3.8, 4) is 5.13 Å². The third kappa shape index (κ3) is 1.85. The molecule has 2 heterocycles. The Morgan fingerprint density at radius 3 is 2.62 bits per heavy atom. The summed E-state index contributed by atoms with van der Waals surface area (Å²) in [6.45, 7) is 6.65. The van der Waals surface area contributed by atoms with Crippen molar-refractivity contribution < 1.29 is 0 Å². The van der Waals surface area contributed by atoms with E-state index in [2.05, 4.69) is 22.2 Å². The van der Waals surface area contributed by atoms with Gasteiger partial charge in [-0.3, -0.25) is 0 Å². The van der Waals surface area contributed by atoms with Crippen LogP contribution in [0.3, 0.4) is 0 Å². The first-order valence-electron chi connectivity index (χ1n) is 5.19. The van der Waals surface area contributed by atoms with Crippen molar-refractivity contribution in [3.63, 3.8) is 0 Å². The van der Waals surface area contributed by atoms with Gasteiger partial charge in [-0.25, -0.2) is 4.98 Å². The molecule has 0 unspecified atom stereocenters. The van der Waals surface area contributed by atoms with E-state index in [1.54, 1.807) is 16.0 Å². The molecule has 0 fully saturated rings. The Balaban J connectivity index is 2.40. The summed E-state index contributed by atoms with van der Waals surface area (Å²) in [6, 6.07) is 0. The minimum Gasteiger partial charge on any atom is -0.330 e. The molecule has 0 aromatic carbocycles. The molecule has 0 spiro atoms. The second-order valence-electron chi connectivity index (χ2n) is 3.71. The lowest BCUT2D eigenvalue weighted by atomic mass is 10.2. The molecule has 86 valence electrons. The molecule has 0 radical (unpaired) electrons. The number of nitrogens with zero attached hydrogens (tertiary/aromatic N) is 4. The number of aryl methyl sites for hydroxylation is 2. The number of hydrogen-bond donors (Lipinski definition) is 1. The van der Waals surface area contributed by atoms with Crippen LogP contribution in [0.1, 0.15) is 22.0 Å². The van der Waals surface area contributed by atoms with Gasteiger partial charge in [0.15, 0.2) is 0 Å². The van der Waals surface area contributed by atoms with Crippen molar-refractivity contribution >= 4 is 11.3 Å². The van der Waals surface area contributed by atoms with Gasteiger partial charge in [0.2, 0.25) is 5.13 Å². The van der Waals surface area contributed by atoms with Crippen molar-refractivity contribution in [1.29, 1.82) is 0 Å². The summed E-state index contributed by atoms with van der Waals surface area (Å²) in [6.07, 6.45) is 0.759. The van der Waals surface area contributed by atoms with Crippen LogP contribution in [-0.4, -0.2) is 26.5 Å². The van der Waals surface area contributed by atoms with Crippen molar-refractivity contribution in [1.82, 2.24) is 20.0 Å². The number of hydrogen-bond acceptors (Lipinski definition) is 5. The molecule has 0 amide bonds. The lowest BCUT2D eigenvalue weighted by molar-refractivity contribution is 0.774. The van der Waals surface area contributed by atoms with E-state index in [1.165, 1.54) is 4.88 Å². The molecular formula is C10H15N5S. The molecular weight excluding hydrogens is 222 g/mol. The average Bonchev–Trinajstić information content (AvgIpc) is 2.74. The van der Waals surface area contributed by atoms with E-state index >= 15 is 0 Å².